The molecule has 0 aliphatic rings. The number of hydrogen-bond acceptors (Lipinski definition) is 1. The highest BCUT2D eigenvalue weighted by atomic mass is 32.1. The molecule has 0 fully saturated rings. The quantitative estimate of drug-likeness (QED) is 0.530. The second-order valence-corrected chi connectivity index (χ2v) is 6.11. The molecule has 2 rings (SSSR count). The van der Waals surface area contributed by atoms with Crippen molar-refractivity contribution in [2.45, 2.75) is 45.2 Å². The smallest absolute Gasteiger partial charge is 0.166 e. The molecule has 0 radical (unpaired) electrons. The topological polar surface area (TPSA) is 0 Å². The molecule has 21 heavy (non-hydrogen) atoms. The van der Waals surface area contributed by atoms with Crippen molar-refractivity contribution < 1.29 is 13.2 Å². The molecule has 0 nitrogen and oxygen atoms in total. The molecule has 1 aromatic carbocycles. The average molecular weight is 312 g/mol. The Morgan fingerprint density at radius 3 is 2.48 bits per heavy atom. The predicted octanol–water partition coefficient (Wildman–Crippen LogP) is 6.56. The van der Waals surface area contributed by atoms with Crippen molar-refractivity contribution in [3.05, 3.63) is 46.8 Å². The zero-order valence-corrected chi connectivity index (χ0v) is 12.9. The van der Waals surface area contributed by atoms with Gasteiger partial charge in [-0.2, -0.15) is 13.2 Å². The maximum atomic E-state index is 13.2. The number of rotatable bonds is 6. The van der Waals surface area contributed by atoms with Crippen LogP contribution in [0.25, 0.3) is 10.4 Å². The molecule has 0 unspecified atom stereocenters. The van der Waals surface area contributed by atoms with Crippen LogP contribution in [0.3, 0.4) is 0 Å². The van der Waals surface area contributed by atoms with Crippen molar-refractivity contribution in [1.29, 1.82) is 0 Å². The summed E-state index contributed by atoms with van der Waals surface area (Å²) < 4.78 is 39.7. The van der Waals surface area contributed by atoms with E-state index in [-0.39, 0.29) is 0 Å². The number of hydrogen-bond donors (Lipinski definition) is 0. The van der Waals surface area contributed by atoms with Gasteiger partial charge in [0.2, 0.25) is 0 Å². The summed E-state index contributed by atoms with van der Waals surface area (Å²) in [5.41, 5.74) is 0.582. The van der Waals surface area contributed by atoms with Crippen LogP contribution >= 0.6 is 11.3 Å². The maximum Gasteiger partial charge on any atom is 0.416 e. The van der Waals surface area contributed by atoms with Crippen LogP contribution < -0.4 is 0 Å². The summed E-state index contributed by atoms with van der Waals surface area (Å²) in [6.07, 6.45) is 0.181. The lowest BCUT2D eigenvalue weighted by Crippen LogP contribution is -2.09. The molecule has 0 aliphatic heterocycles. The van der Waals surface area contributed by atoms with Crippen LogP contribution in [0.4, 0.5) is 13.2 Å². The van der Waals surface area contributed by atoms with Gasteiger partial charge >= 0.3 is 6.18 Å². The fraction of sp³-hybridized carbons (Fsp3) is 0.412. The molecular weight excluding hydrogens is 293 g/mol. The zero-order valence-electron chi connectivity index (χ0n) is 12.0. The van der Waals surface area contributed by atoms with Crippen molar-refractivity contribution in [1.82, 2.24) is 0 Å². The van der Waals surface area contributed by atoms with E-state index in [0.717, 1.165) is 30.6 Å². The molecular formula is C17H19F3S. The van der Waals surface area contributed by atoms with Crippen molar-refractivity contribution in [2.24, 2.45) is 0 Å². The number of benzene rings is 1. The highest BCUT2D eigenvalue weighted by Gasteiger charge is 2.33. The molecule has 0 saturated heterocycles. The molecule has 2 aromatic rings. The molecule has 0 amide bonds. The summed E-state index contributed by atoms with van der Waals surface area (Å²) >= 11 is 1.46. The predicted molar refractivity (Wildman–Crippen MR) is 82.6 cm³/mol. The number of alkyl halides is 3. The fourth-order valence-electron chi connectivity index (χ4n) is 2.40. The summed E-state index contributed by atoms with van der Waals surface area (Å²) in [7, 11) is 0. The number of unbranched alkanes of at least 4 members (excludes halogenated alkanes) is 3. The summed E-state index contributed by atoms with van der Waals surface area (Å²) in [6, 6.07) is 8.44. The third kappa shape index (κ3) is 4.34. The van der Waals surface area contributed by atoms with Gasteiger partial charge in [0.25, 0.3) is 0 Å². The van der Waals surface area contributed by atoms with E-state index >= 15 is 0 Å². The van der Waals surface area contributed by atoms with Crippen LogP contribution in [0, 0.1) is 0 Å². The van der Waals surface area contributed by atoms with E-state index in [2.05, 4.69) is 6.92 Å². The Bertz CT molecular complexity index is 556. The normalized spacial score (nSPS) is 11.8. The Balaban J connectivity index is 2.24. The lowest BCUT2D eigenvalue weighted by Gasteiger charge is -2.14. The summed E-state index contributed by atoms with van der Waals surface area (Å²) in [6.45, 7) is 2.09. The van der Waals surface area contributed by atoms with E-state index in [4.69, 9.17) is 0 Å². The molecule has 0 bridgehead atoms. The van der Waals surface area contributed by atoms with Crippen molar-refractivity contribution >= 4 is 11.3 Å². The molecule has 4 heteroatoms. The van der Waals surface area contributed by atoms with Crippen molar-refractivity contribution in [2.75, 3.05) is 0 Å². The Hall–Kier alpha value is -1.29. The van der Waals surface area contributed by atoms with Gasteiger partial charge in [0.05, 0.1) is 5.56 Å². The number of thiophene rings is 1. The molecule has 1 heterocycles. The van der Waals surface area contributed by atoms with Crippen LogP contribution in [-0.4, -0.2) is 0 Å². The van der Waals surface area contributed by atoms with Crippen LogP contribution in [0.2, 0.25) is 0 Å². The van der Waals surface area contributed by atoms with Crippen LogP contribution in [0.5, 0.6) is 0 Å². The average Bonchev–Trinajstić information content (AvgIpc) is 2.97. The molecule has 0 spiro atoms. The SMILES string of the molecule is CCCCCCc1ccc(-c2cccs2)cc1C(F)(F)F. The fourth-order valence-corrected chi connectivity index (χ4v) is 3.12. The zero-order chi connectivity index (χ0) is 15.3. The second kappa shape index (κ2) is 7.12. The van der Waals surface area contributed by atoms with E-state index in [1.807, 2.05) is 17.5 Å². The van der Waals surface area contributed by atoms with Gasteiger partial charge in [-0.05, 0) is 41.5 Å². The third-order valence-electron chi connectivity index (χ3n) is 3.52. The maximum absolute atomic E-state index is 13.2. The number of aryl methyl sites for hydroxylation is 1. The Kier molecular flexibility index (Phi) is 5.45. The monoisotopic (exact) mass is 312 g/mol. The van der Waals surface area contributed by atoms with E-state index in [0.29, 0.717) is 17.5 Å². The lowest BCUT2D eigenvalue weighted by molar-refractivity contribution is -0.138. The third-order valence-corrected chi connectivity index (χ3v) is 4.44. The van der Waals surface area contributed by atoms with Crippen molar-refractivity contribution in [3.8, 4) is 10.4 Å². The molecule has 0 saturated carbocycles. The molecule has 0 N–H and O–H groups in total. The standard InChI is InChI=1S/C17H19F3S/c1-2-3-4-5-7-13-9-10-14(16-8-6-11-21-16)12-15(13)17(18,19)20/h6,8-12H,2-5,7H2,1H3. The summed E-state index contributed by atoms with van der Waals surface area (Å²) in [5.74, 6) is 0. The Morgan fingerprint density at radius 2 is 1.86 bits per heavy atom. The molecule has 1 aromatic heterocycles. The van der Waals surface area contributed by atoms with Crippen LogP contribution in [-0.2, 0) is 12.6 Å². The lowest BCUT2D eigenvalue weighted by atomic mass is 9.97. The van der Waals surface area contributed by atoms with Gasteiger partial charge < -0.3 is 0 Å². The van der Waals surface area contributed by atoms with Gasteiger partial charge in [-0.15, -0.1) is 11.3 Å². The minimum atomic E-state index is -4.28. The first-order valence-corrected chi connectivity index (χ1v) is 8.14. The molecule has 0 atom stereocenters. The van der Waals surface area contributed by atoms with Gasteiger partial charge in [0.15, 0.2) is 0 Å². The first-order chi connectivity index (χ1) is 10.0. The van der Waals surface area contributed by atoms with Crippen LogP contribution in [0.1, 0.15) is 43.7 Å². The van der Waals surface area contributed by atoms with E-state index in [1.54, 1.807) is 12.1 Å². The summed E-state index contributed by atoms with van der Waals surface area (Å²) in [5, 5.41) is 1.88. The van der Waals surface area contributed by atoms with Gasteiger partial charge in [0.1, 0.15) is 0 Å². The van der Waals surface area contributed by atoms with Gasteiger partial charge in [-0.3, -0.25) is 0 Å². The molecule has 0 aliphatic carbocycles. The highest BCUT2D eigenvalue weighted by molar-refractivity contribution is 7.13. The Morgan fingerprint density at radius 1 is 1.05 bits per heavy atom. The summed E-state index contributed by atoms with van der Waals surface area (Å²) in [4.78, 5) is 0.873. The van der Waals surface area contributed by atoms with Gasteiger partial charge in [-0.25, -0.2) is 0 Å². The largest absolute Gasteiger partial charge is 0.416 e. The second-order valence-electron chi connectivity index (χ2n) is 5.16. The van der Waals surface area contributed by atoms with E-state index in [9.17, 15) is 13.2 Å². The Labute approximate surface area is 127 Å². The minimum absolute atomic E-state index is 0.416. The van der Waals surface area contributed by atoms with Gasteiger partial charge in [0, 0.05) is 4.88 Å². The molecule has 114 valence electrons. The van der Waals surface area contributed by atoms with Crippen LogP contribution in [0.15, 0.2) is 35.7 Å². The van der Waals surface area contributed by atoms with E-state index in [1.165, 1.54) is 17.4 Å². The minimum Gasteiger partial charge on any atom is -0.166 e. The van der Waals surface area contributed by atoms with Gasteiger partial charge in [-0.1, -0.05) is 44.4 Å². The van der Waals surface area contributed by atoms with Crippen molar-refractivity contribution in [3.63, 3.8) is 0 Å². The first kappa shape index (κ1) is 16.1. The number of halogens is 3. The van der Waals surface area contributed by atoms with E-state index < -0.39 is 11.7 Å². The first-order valence-electron chi connectivity index (χ1n) is 7.26. The highest BCUT2D eigenvalue weighted by Crippen LogP contribution is 2.36.